The molecule has 0 unspecified atom stereocenters. The number of anilines is 1. The summed E-state index contributed by atoms with van der Waals surface area (Å²) in [5, 5.41) is 9.30. The number of amides is 1. The number of pyridine rings is 1. The van der Waals surface area contributed by atoms with Crippen LogP contribution < -0.4 is 10.6 Å². The molecule has 0 aromatic carbocycles. The van der Waals surface area contributed by atoms with Crippen LogP contribution in [-0.2, 0) is 4.79 Å². The van der Waals surface area contributed by atoms with Gasteiger partial charge in [0.15, 0.2) is 0 Å². The van der Waals surface area contributed by atoms with Crippen molar-refractivity contribution in [3.8, 4) is 6.07 Å². The number of nitrogens with two attached hydrogens (primary N) is 1. The van der Waals surface area contributed by atoms with Crippen molar-refractivity contribution < 1.29 is 4.79 Å². The molecule has 1 fully saturated rings. The molecule has 1 aliphatic heterocycles. The molecule has 0 saturated carbocycles. The van der Waals surface area contributed by atoms with Crippen LogP contribution in [0.15, 0.2) is 12.1 Å². The first kappa shape index (κ1) is 16.2. The zero-order valence-corrected chi connectivity index (χ0v) is 13.2. The van der Waals surface area contributed by atoms with Crippen molar-refractivity contribution in [2.75, 3.05) is 37.6 Å². The van der Waals surface area contributed by atoms with Gasteiger partial charge in [0.2, 0.25) is 5.91 Å². The van der Waals surface area contributed by atoms with Crippen LogP contribution in [0.3, 0.4) is 0 Å². The number of piperazine rings is 1. The number of carbonyl (C=O) groups is 1. The van der Waals surface area contributed by atoms with E-state index in [0.717, 1.165) is 37.7 Å². The summed E-state index contributed by atoms with van der Waals surface area (Å²) < 4.78 is 0. The van der Waals surface area contributed by atoms with E-state index in [9.17, 15) is 10.1 Å². The number of nitrogens with zero attached hydrogens (tertiary/aromatic N) is 4. The van der Waals surface area contributed by atoms with Crippen LogP contribution in [0.1, 0.15) is 37.4 Å². The second-order valence-electron chi connectivity index (χ2n) is 5.92. The van der Waals surface area contributed by atoms with E-state index in [-0.39, 0.29) is 5.91 Å². The third-order valence-electron chi connectivity index (χ3n) is 3.95. The second kappa shape index (κ2) is 7.23. The first-order valence-corrected chi connectivity index (χ1v) is 7.68. The highest BCUT2D eigenvalue weighted by Crippen LogP contribution is 2.22. The molecule has 1 amide bonds. The minimum Gasteiger partial charge on any atom is -0.370 e. The fourth-order valence-electron chi connectivity index (χ4n) is 2.56. The maximum Gasteiger partial charge on any atom is 0.218 e. The van der Waals surface area contributed by atoms with E-state index < -0.39 is 0 Å². The summed E-state index contributed by atoms with van der Waals surface area (Å²) in [6.07, 6.45) is 0.393. The first-order valence-electron chi connectivity index (χ1n) is 7.68. The highest BCUT2D eigenvalue weighted by atomic mass is 16.1. The van der Waals surface area contributed by atoms with Crippen LogP contribution in [0.2, 0.25) is 0 Å². The molecule has 1 aliphatic rings. The summed E-state index contributed by atoms with van der Waals surface area (Å²) in [4.78, 5) is 19.9. The van der Waals surface area contributed by atoms with Gasteiger partial charge in [-0.05, 0) is 18.1 Å². The molecular weight excluding hydrogens is 278 g/mol. The number of carbonyl (C=O) groups excluding carboxylic acids is 1. The summed E-state index contributed by atoms with van der Waals surface area (Å²) >= 11 is 0. The molecule has 1 aromatic rings. The summed E-state index contributed by atoms with van der Waals surface area (Å²) in [6.45, 7) is 8.22. The Balaban J connectivity index is 2.06. The topological polar surface area (TPSA) is 86.3 Å². The van der Waals surface area contributed by atoms with Gasteiger partial charge >= 0.3 is 0 Å². The van der Waals surface area contributed by atoms with Crippen LogP contribution in [0, 0.1) is 11.3 Å². The molecule has 0 spiro atoms. The van der Waals surface area contributed by atoms with Crippen LogP contribution >= 0.6 is 0 Å². The Kier molecular flexibility index (Phi) is 5.34. The third-order valence-corrected chi connectivity index (χ3v) is 3.95. The number of hydrogen-bond donors (Lipinski definition) is 1. The third kappa shape index (κ3) is 3.95. The van der Waals surface area contributed by atoms with Crippen molar-refractivity contribution in [2.24, 2.45) is 5.73 Å². The minimum absolute atomic E-state index is 0.263. The smallest absolute Gasteiger partial charge is 0.218 e. The van der Waals surface area contributed by atoms with E-state index in [1.54, 1.807) is 0 Å². The SMILES string of the molecule is CC(C)c1ccc(C#N)c(N2CCN(CCC(N)=O)CC2)n1. The molecule has 6 heteroatoms. The molecule has 1 aromatic heterocycles. The highest BCUT2D eigenvalue weighted by Gasteiger charge is 2.21. The summed E-state index contributed by atoms with van der Waals surface area (Å²) in [6, 6.07) is 6.02. The van der Waals surface area contributed by atoms with E-state index in [0.29, 0.717) is 24.4 Å². The Morgan fingerprint density at radius 3 is 2.59 bits per heavy atom. The number of aromatic nitrogens is 1. The zero-order chi connectivity index (χ0) is 16.1. The lowest BCUT2D eigenvalue weighted by molar-refractivity contribution is -0.118. The van der Waals surface area contributed by atoms with Gasteiger partial charge in [-0.3, -0.25) is 9.69 Å². The predicted octanol–water partition coefficient (Wildman–Crippen LogP) is 1.07. The van der Waals surface area contributed by atoms with Gasteiger partial charge in [0.1, 0.15) is 11.9 Å². The molecule has 2 heterocycles. The van der Waals surface area contributed by atoms with E-state index in [1.165, 1.54) is 0 Å². The van der Waals surface area contributed by atoms with E-state index >= 15 is 0 Å². The average Bonchev–Trinajstić information content (AvgIpc) is 2.52. The van der Waals surface area contributed by atoms with Crippen molar-refractivity contribution in [2.45, 2.75) is 26.2 Å². The second-order valence-corrected chi connectivity index (χ2v) is 5.92. The first-order chi connectivity index (χ1) is 10.5. The molecule has 2 rings (SSSR count). The van der Waals surface area contributed by atoms with Crippen molar-refractivity contribution in [3.63, 3.8) is 0 Å². The number of hydrogen-bond acceptors (Lipinski definition) is 5. The van der Waals surface area contributed by atoms with E-state index in [2.05, 4.69) is 34.7 Å². The summed E-state index contributed by atoms with van der Waals surface area (Å²) in [5.41, 5.74) is 6.81. The monoisotopic (exact) mass is 301 g/mol. The molecule has 0 atom stereocenters. The molecule has 0 aliphatic carbocycles. The summed E-state index contributed by atoms with van der Waals surface area (Å²) in [5.74, 6) is 0.854. The van der Waals surface area contributed by atoms with Gasteiger partial charge in [-0.2, -0.15) is 5.26 Å². The van der Waals surface area contributed by atoms with Crippen LogP contribution in [0.4, 0.5) is 5.82 Å². The largest absolute Gasteiger partial charge is 0.370 e. The van der Waals surface area contributed by atoms with E-state index in [4.69, 9.17) is 5.73 Å². The predicted molar refractivity (Wildman–Crippen MR) is 85.5 cm³/mol. The maximum atomic E-state index is 10.9. The van der Waals surface area contributed by atoms with Crippen molar-refractivity contribution >= 4 is 11.7 Å². The van der Waals surface area contributed by atoms with Crippen molar-refractivity contribution in [1.82, 2.24) is 9.88 Å². The number of primary amides is 1. The molecule has 6 nitrogen and oxygen atoms in total. The fraction of sp³-hybridized carbons (Fsp3) is 0.562. The Bertz CT molecular complexity index is 570. The Morgan fingerprint density at radius 1 is 1.36 bits per heavy atom. The minimum atomic E-state index is -0.263. The van der Waals surface area contributed by atoms with Gasteiger partial charge in [0.05, 0.1) is 5.56 Å². The van der Waals surface area contributed by atoms with Crippen LogP contribution in [0.25, 0.3) is 0 Å². The summed E-state index contributed by atoms with van der Waals surface area (Å²) in [7, 11) is 0. The van der Waals surface area contributed by atoms with Gasteiger partial charge in [0, 0.05) is 44.8 Å². The van der Waals surface area contributed by atoms with Gasteiger partial charge in [-0.1, -0.05) is 13.8 Å². The molecule has 1 saturated heterocycles. The lowest BCUT2D eigenvalue weighted by Crippen LogP contribution is -2.47. The molecular formula is C16H23N5O. The molecule has 118 valence electrons. The molecule has 2 N–H and O–H groups in total. The lowest BCUT2D eigenvalue weighted by Gasteiger charge is -2.35. The number of nitriles is 1. The maximum absolute atomic E-state index is 10.9. The molecule has 0 radical (unpaired) electrons. The van der Waals surface area contributed by atoms with Gasteiger partial charge < -0.3 is 10.6 Å². The number of rotatable bonds is 5. The zero-order valence-electron chi connectivity index (χ0n) is 13.2. The fourth-order valence-corrected chi connectivity index (χ4v) is 2.56. The van der Waals surface area contributed by atoms with Gasteiger partial charge in [-0.25, -0.2) is 4.98 Å². The van der Waals surface area contributed by atoms with Crippen LogP contribution in [0.5, 0.6) is 0 Å². The highest BCUT2D eigenvalue weighted by molar-refractivity contribution is 5.73. The van der Waals surface area contributed by atoms with E-state index in [1.807, 2.05) is 12.1 Å². The Hall–Kier alpha value is -2.13. The standard InChI is InChI=1S/C16H23N5O/c1-12(2)14-4-3-13(11-17)16(19-14)21-9-7-20(8-10-21)6-5-15(18)22/h3-4,12H,5-10H2,1-2H3,(H2,18,22). The Morgan fingerprint density at radius 2 is 2.05 bits per heavy atom. The van der Waals surface area contributed by atoms with Gasteiger partial charge in [0.25, 0.3) is 0 Å². The quantitative estimate of drug-likeness (QED) is 0.879. The van der Waals surface area contributed by atoms with Crippen molar-refractivity contribution in [3.05, 3.63) is 23.4 Å². The average molecular weight is 301 g/mol. The van der Waals surface area contributed by atoms with Gasteiger partial charge in [-0.15, -0.1) is 0 Å². The normalized spacial score (nSPS) is 15.8. The lowest BCUT2D eigenvalue weighted by atomic mass is 10.1. The van der Waals surface area contributed by atoms with Crippen LogP contribution in [-0.4, -0.2) is 48.5 Å². The Labute approximate surface area is 131 Å². The molecule has 0 bridgehead atoms. The van der Waals surface area contributed by atoms with Crippen molar-refractivity contribution in [1.29, 1.82) is 5.26 Å². The molecule has 22 heavy (non-hydrogen) atoms.